The summed E-state index contributed by atoms with van der Waals surface area (Å²) in [7, 11) is 0. The molecule has 0 saturated carbocycles. The zero-order valence-electron chi connectivity index (χ0n) is 27.2. The number of nitrogens with zero attached hydrogens (tertiary/aromatic N) is 2. The molecule has 11 heteroatoms. The Balaban J connectivity index is 1.34. The number of amides is 2. The number of benzene rings is 2. The van der Waals surface area contributed by atoms with E-state index in [1.54, 1.807) is 11.3 Å². The van der Waals surface area contributed by atoms with Crippen molar-refractivity contribution >= 4 is 28.9 Å². The summed E-state index contributed by atoms with van der Waals surface area (Å²) >= 11 is 1.58. The van der Waals surface area contributed by atoms with Crippen molar-refractivity contribution in [2.45, 2.75) is 65.6 Å². The molecule has 1 aliphatic rings. The Morgan fingerprint density at radius 3 is 2.39 bits per heavy atom. The van der Waals surface area contributed by atoms with E-state index < -0.39 is 23.5 Å². The first-order valence-corrected chi connectivity index (χ1v) is 16.6. The number of rotatable bonds is 15. The fourth-order valence-electron chi connectivity index (χ4n) is 5.56. The molecule has 4 N–H and O–H groups in total. The predicted molar refractivity (Wildman–Crippen MR) is 178 cm³/mol. The van der Waals surface area contributed by atoms with Gasteiger partial charge in [-0.15, -0.1) is 11.3 Å². The summed E-state index contributed by atoms with van der Waals surface area (Å²) in [6.07, 6.45) is -0.454. The molecule has 10 nitrogen and oxygen atoms in total. The topological polar surface area (TPSA) is 144 Å². The van der Waals surface area contributed by atoms with E-state index in [1.165, 1.54) is 4.90 Å². The van der Waals surface area contributed by atoms with Gasteiger partial charge < -0.3 is 30.5 Å². The number of hydrogen-bond donors (Lipinski definition) is 3. The number of hydrogen-bond acceptors (Lipinski definition) is 9. The quantitative estimate of drug-likeness (QED) is 0.210. The van der Waals surface area contributed by atoms with Crippen molar-refractivity contribution in [3.05, 3.63) is 70.9 Å². The zero-order valence-corrected chi connectivity index (χ0v) is 28.0. The highest BCUT2D eigenvalue weighted by molar-refractivity contribution is 7.13. The molecule has 3 atom stereocenters. The number of ketones is 1. The van der Waals surface area contributed by atoms with Crippen LogP contribution in [0.4, 0.5) is 0 Å². The van der Waals surface area contributed by atoms with Gasteiger partial charge in [-0.1, -0.05) is 57.2 Å². The molecule has 2 amide bonds. The first-order valence-electron chi connectivity index (χ1n) is 15.7. The minimum absolute atomic E-state index is 0.0333. The molecule has 4 rings (SSSR count). The summed E-state index contributed by atoms with van der Waals surface area (Å²) in [6, 6.07) is 14.4. The molecule has 1 aliphatic heterocycles. The molecule has 0 radical (unpaired) electrons. The molecule has 0 spiro atoms. The fourth-order valence-corrected chi connectivity index (χ4v) is 6.38. The van der Waals surface area contributed by atoms with Crippen molar-refractivity contribution in [1.29, 1.82) is 0 Å². The van der Waals surface area contributed by atoms with Crippen LogP contribution in [0, 0.1) is 18.3 Å². The van der Waals surface area contributed by atoms with Crippen LogP contribution < -0.4 is 15.8 Å². The zero-order chi connectivity index (χ0) is 33.3. The number of aryl methyl sites for hydroxylation is 1. The number of aliphatic hydroxyl groups is 1. The van der Waals surface area contributed by atoms with Crippen molar-refractivity contribution in [3.63, 3.8) is 0 Å². The Hall–Kier alpha value is -3.64. The molecule has 2 heterocycles. The number of likely N-dealkylation sites (tertiary alicyclic amines) is 1. The van der Waals surface area contributed by atoms with Crippen LogP contribution in [0.15, 0.2) is 54.0 Å². The summed E-state index contributed by atoms with van der Waals surface area (Å²) in [5.74, 6) is -0.661. The molecule has 1 aromatic heterocycles. The number of aromatic nitrogens is 1. The van der Waals surface area contributed by atoms with Crippen LogP contribution in [0.3, 0.4) is 0 Å². The number of thiazole rings is 1. The van der Waals surface area contributed by atoms with Gasteiger partial charge in [0.25, 0.3) is 0 Å². The highest BCUT2D eigenvalue weighted by atomic mass is 32.1. The lowest BCUT2D eigenvalue weighted by Crippen LogP contribution is -2.50. The molecule has 3 aromatic rings. The van der Waals surface area contributed by atoms with Crippen LogP contribution in [0.2, 0.25) is 0 Å². The third-order valence-corrected chi connectivity index (χ3v) is 9.13. The molecule has 46 heavy (non-hydrogen) atoms. The van der Waals surface area contributed by atoms with E-state index in [2.05, 4.69) is 10.3 Å². The number of carbonyl (C=O) groups excluding carboxylic acids is 3. The number of ether oxygens (including phenoxy) is 2. The SMILES string of the molecule is Cc1ncsc1-c1ccc(CNC(=O)[C@@H]2C[C@@H](O)CN2C(=O)[C@@H](CC(=O)Cc2ccc(OCCOCCN)cc2)C(C)(C)C)cc1. The predicted octanol–water partition coefficient (Wildman–Crippen LogP) is 3.91. The van der Waals surface area contributed by atoms with Gasteiger partial charge in [0.15, 0.2) is 0 Å². The van der Waals surface area contributed by atoms with E-state index >= 15 is 0 Å². The van der Waals surface area contributed by atoms with Gasteiger partial charge in [-0.2, -0.15) is 0 Å². The molecule has 0 aliphatic carbocycles. The second kappa shape index (κ2) is 16.3. The largest absolute Gasteiger partial charge is 0.491 e. The summed E-state index contributed by atoms with van der Waals surface area (Å²) in [5.41, 5.74) is 10.5. The van der Waals surface area contributed by atoms with Crippen molar-refractivity contribution in [2.24, 2.45) is 17.1 Å². The average Bonchev–Trinajstić information content (AvgIpc) is 3.64. The lowest BCUT2D eigenvalue weighted by atomic mass is 9.76. The van der Waals surface area contributed by atoms with Gasteiger partial charge in [0.05, 0.1) is 35.4 Å². The first kappa shape index (κ1) is 35.2. The van der Waals surface area contributed by atoms with Gasteiger partial charge in [-0.05, 0) is 41.2 Å². The van der Waals surface area contributed by atoms with Gasteiger partial charge in [0.2, 0.25) is 11.8 Å². The van der Waals surface area contributed by atoms with E-state index in [0.717, 1.165) is 27.3 Å². The molecular formula is C35H46N4O6S. The van der Waals surface area contributed by atoms with Crippen LogP contribution in [0.1, 0.15) is 50.4 Å². The molecule has 1 fully saturated rings. The van der Waals surface area contributed by atoms with E-state index in [1.807, 2.05) is 81.7 Å². The van der Waals surface area contributed by atoms with E-state index in [-0.39, 0.29) is 43.4 Å². The van der Waals surface area contributed by atoms with Gasteiger partial charge in [-0.3, -0.25) is 14.4 Å². The first-order chi connectivity index (χ1) is 22.0. The minimum Gasteiger partial charge on any atom is -0.491 e. The fraction of sp³-hybridized carbons (Fsp3) is 0.486. The molecular weight excluding hydrogens is 604 g/mol. The maximum Gasteiger partial charge on any atom is 0.243 e. The van der Waals surface area contributed by atoms with Crippen LogP contribution in [0.5, 0.6) is 5.75 Å². The van der Waals surface area contributed by atoms with E-state index in [0.29, 0.717) is 38.7 Å². The Morgan fingerprint density at radius 2 is 1.76 bits per heavy atom. The molecule has 248 valence electrons. The smallest absolute Gasteiger partial charge is 0.243 e. The molecule has 0 unspecified atom stereocenters. The van der Waals surface area contributed by atoms with Crippen molar-refractivity contribution < 1.29 is 29.0 Å². The Kier molecular flexibility index (Phi) is 12.5. The number of Topliss-reactive ketones (excluding diaryl/α,β-unsaturated/α-hetero) is 1. The maximum absolute atomic E-state index is 13.9. The maximum atomic E-state index is 13.9. The summed E-state index contributed by atoms with van der Waals surface area (Å²) in [6.45, 7) is 9.88. The molecule has 0 bridgehead atoms. The van der Waals surface area contributed by atoms with Crippen molar-refractivity contribution in [3.8, 4) is 16.2 Å². The monoisotopic (exact) mass is 650 g/mol. The lowest BCUT2D eigenvalue weighted by Gasteiger charge is -2.34. The van der Waals surface area contributed by atoms with Crippen LogP contribution in [0.25, 0.3) is 10.4 Å². The second-order valence-electron chi connectivity index (χ2n) is 12.8. The number of aliphatic hydroxyl groups excluding tert-OH is 1. The second-order valence-corrected chi connectivity index (χ2v) is 13.7. The molecule has 1 saturated heterocycles. The normalized spacial score (nSPS) is 17.1. The van der Waals surface area contributed by atoms with Crippen LogP contribution in [-0.2, 0) is 32.1 Å². The minimum atomic E-state index is -0.814. The van der Waals surface area contributed by atoms with Crippen LogP contribution >= 0.6 is 11.3 Å². The Morgan fingerprint density at radius 1 is 1.07 bits per heavy atom. The highest BCUT2D eigenvalue weighted by Crippen LogP contribution is 2.34. The third-order valence-electron chi connectivity index (χ3n) is 8.15. The summed E-state index contributed by atoms with van der Waals surface area (Å²) in [5, 5.41) is 13.5. The van der Waals surface area contributed by atoms with Gasteiger partial charge in [0.1, 0.15) is 24.2 Å². The Labute approximate surface area is 275 Å². The Bertz CT molecular complexity index is 1450. The number of nitrogens with two attached hydrogens (primary N) is 1. The van der Waals surface area contributed by atoms with Gasteiger partial charge in [-0.25, -0.2) is 4.98 Å². The lowest BCUT2D eigenvalue weighted by molar-refractivity contribution is -0.146. The van der Waals surface area contributed by atoms with Crippen molar-refractivity contribution in [1.82, 2.24) is 15.2 Å². The average molecular weight is 651 g/mol. The number of carbonyl (C=O) groups is 3. The third kappa shape index (κ3) is 9.68. The number of nitrogens with one attached hydrogen (secondary N) is 1. The van der Waals surface area contributed by atoms with E-state index in [9.17, 15) is 19.5 Å². The summed E-state index contributed by atoms with van der Waals surface area (Å²) in [4.78, 5) is 47.4. The van der Waals surface area contributed by atoms with E-state index in [4.69, 9.17) is 15.2 Å². The van der Waals surface area contributed by atoms with Crippen LogP contribution in [-0.4, -0.2) is 77.6 Å². The summed E-state index contributed by atoms with van der Waals surface area (Å²) < 4.78 is 11.0. The molecule has 2 aromatic carbocycles. The number of β-amino-alcohol motifs (C(OH)–C–C–N with tert-alkyl or cyclic N) is 1. The van der Waals surface area contributed by atoms with Gasteiger partial charge >= 0.3 is 0 Å². The van der Waals surface area contributed by atoms with Crippen molar-refractivity contribution in [2.75, 3.05) is 32.9 Å². The van der Waals surface area contributed by atoms with Gasteiger partial charge in [0, 0.05) is 44.8 Å². The standard InChI is InChI=1S/C35H46N4O6S/c1-23-32(46-22-38-23)26-9-5-25(6-10-26)20-37-33(42)31-19-28(41)21-39(31)34(43)30(35(2,3)4)18-27(40)17-24-7-11-29(12-8-24)45-16-15-44-14-13-36/h5-12,22,28,30-31,41H,13-21,36H2,1-4H3,(H,37,42)/t28-,30-,31+/m1/s1. The highest BCUT2D eigenvalue weighted by Gasteiger charge is 2.44.